The second-order valence-electron chi connectivity index (χ2n) is 2.26. The molecule has 68 valence electrons. The summed E-state index contributed by atoms with van der Waals surface area (Å²) in [5.74, 6) is -1.12. The quantitative estimate of drug-likeness (QED) is 0.633. The average molecular weight is 245 g/mol. The van der Waals surface area contributed by atoms with Crippen LogP contribution in [-0.2, 0) is 4.79 Å². The molecule has 13 heavy (non-hydrogen) atoms. The van der Waals surface area contributed by atoms with E-state index in [9.17, 15) is 9.18 Å². The molecule has 0 bridgehead atoms. The SMILES string of the molecule is NC(=O)C=Cc1cc(Br)ncc1F. The molecule has 0 aliphatic rings. The van der Waals surface area contributed by atoms with Crippen LogP contribution in [0.2, 0.25) is 0 Å². The number of hydrogen-bond acceptors (Lipinski definition) is 2. The molecule has 0 spiro atoms. The van der Waals surface area contributed by atoms with Gasteiger partial charge < -0.3 is 5.73 Å². The Labute approximate surface area is 82.6 Å². The smallest absolute Gasteiger partial charge is 0.241 e. The zero-order valence-corrected chi connectivity index (χ0v) is 8.08. The summed E-state index contributed by atoms with van der Waals surface area (Å²) in [6.45, 7) is 0. The number of nitrogens with zero attached hydrogens (tertiary/aromatic N) is 1. The van der Waals surface area contributed by atoms with Crippen molar-refractivity contribution < 1.29 is 9.18 Å². The molecule has 1 rings (SSSR count). The molecule has 1 heterocycles. The molecule has 0 atom stereocenters. The van der Waals surface area contributed by atoms with Gasteiger partial charge in [-0.15, -0.1) is 0 Å². The molecule has 0 aliphatic heterocycles. The first-order chi connectivity index (χ1) is 6.09. The third-order valence-corrected chi connectivity index (χ3v) is 1.71. The van der Waals surface area contributed by atoms with E-state index in [1.54, 1.807) is 0 Å². The highest BCUT2D eigenvalue weighted by Gasteiger charge is 1.99. The minimum absolute atomic E-state index is 0.265. The van der Waals surface area contributed by atoms with Gasteiger partial charge in [-0.05, 0) is 28.1 Å². The van der Waals surface area contributed by atoms with E-state index < -0.39 is 11.7 Å². The van der Waals surface area contributed by atoms with Crippen molar-refractivity contribution >= 4 is 27.9 Å². The topological polar surface area (TPSA) is 56.0 Å². The first-order valence-electron chi connectivity index (χ1n) is 3.38. The number of primary amides is 1. The minimum atomic E-state index is -0.618. The summed E-state index contributed by atoms with van der Waals surface area (Å²) in [6, 6.07) is 1.45. The van der Waals surface area contributed by atoms with Crippen LogP contribution in [0.25, 0.3) is 6.08 Å². The van der Waals surface area contributed by atoms with Crippen molar-refractivity contribution in [2.45, 2.75) is 0 Å². The van der Waals surface area contributed by atoms with Crippen LogP contribution in [0.3, 0.4) is 0 Å². The fourth-order valence-corrected chi connectivity index (χ4v) is 1.08. The van der Waals surface area contributed by atoms with E-state index in [-0.39, 0.29) is 5.56 Å². The molecule has 1 aromatic rings. The Morgan fingerprint density at radius 2 is 2.38 bits per heavy atom. The van der Waals surface area contributed by atoms with Crippen molar-refractivity contribution in [1.29, 1.82) is 0 Å². The lowest BCUT2D eigenvalue weighted by Gasteiger charge is -1.95. The first-order valence-corrected chi connectivity index (χ1v) is 4.17. The highest BCUT2D eigenvalue weighted by Crippen LogP contribution is 2.13. The normalized spacial score (nSPS) is 10.6. The summed E-state index contributed by atoms with van der Waals surface area (Å²) in [6.07, 6.45) is 3.44. The molecule has 5 heteroatoms. The van der Waals surface area contributed by atoms with Crippen molar-refractivity contribution in [3.8, 4) is 0 Å². The number of carbonyl (C=O) groups excluding carboxylic acids is 1. The fourth-order valence-electron chi connectivity index (χ4n) is 0.727. The van der Waals surface area contributed by atoms with Gasteiger partial charge in [0.25, 0.3) is 0 Å². The summed E-state index contributed by atoms with van der Waals surface area (Å²) in [4.78, 5) is 14.0. The number of nitrogens with two attached hydrogens (primary N) is 1. The number of hydrogen-bond donors (Lipinski definition) is 1. The van der Waals surface area contributed by atoms with Crippen molar-refractivity contribution in [1.82, 2.24) is 4.98 Å². The van der Waals surface area contributed by atoms with Crippen LogP contribution in [0.1, 0.15) is 5.56 Å². The molecular weight excluding hydrogens is 239 g/mol. The zero-order valence-electron chi connectivity index (χ0n) is 6.50. The van der Waals surface area contributed by atoms with Crippen LogP contribution < -0.4 is 5.73 Å². The van der Waals surface area contributed by atoms with Crippen LogP contribution in [0.5, 0.6) is 0 Å². The Morgan fingerprint density at radius 3 is 3.00 bits per heavy atom. The van der Waals surface area contributed by atoms with Gasteiger partial charge in [0.05, 0.1) is 6.20 Å². The third kappa shape index (κ3) is 2.95. The molecule has 1 amide bonds. The van der Waals surface area contributed by atoms with Gasteiger partial charge in [0, 0.05) is 11.6 Å². The van der Waals surface area contributed by atoms with E-state index in [4.69, 9.17) is 5.73 Å². The molecule has 0 saturated heterocycles. The first kappa shape index (κ1) is 9.85. The molecule has 2 N–H and O–H groups in total. The average Bonchev–Trinajstić information content (AvgIpc) is 2.06. The van der Waals surface area contributed by atoms with Crippen LogP contribution >= 0.6 is 15.9 Å². The van der Waals surface area contributed by atoms with Gasteiger partial charge in [0.1, 0.15) is 10.4 Å². The van der Waals surface area contributed by atoms with Crippen molar-refractivity contribution in [2.24, 2.45) is 5.73 Å². The van der Waals surface area contributed by atoms with Crippen LogP contribution in [0, 0.1) is 5.82 Å². The summed E-state index contributed by atoms with van der Waals surface area (Å²) >= 11 is 3.08. The highest BCUT2D eigenvalue weighted by molar-refractivity contribution is 9.10. The van der Waals surface area contributed by atoms with Crippen molar-refractivity contribution in [3.05, 3.63) is 34.3 Å². The molecule has 0 fully saturated rings. The summed E-state index contributed by atoms with van der Waals surface area (Å²) < 4.78 is 13.4. The lowest BCUT2D eigenvalue weighted by molar-refractivity contribution is -0.113. The van der Waals surface area contributed by atoms with Gasteiger partial charge in [-0.3, -0.25) is 4.79 Å². The zero-order chi connectivity index (χ0) is 9.84. The number of carbonyl (C=O) groups is 1. The standard InChI is InChI=1S/C8H6BrFN2O/c9-7-3-5(1-2-8(11)13)6(10)4-12-7/h1-4H,(H2,11,13). The Bertz CT molecular complexity index is 365. The second-order valence-corrected chi connectivity index (χ2v) is 3.08. The van der Waals surface area contributed by atoms with Gasteiger partial charge in [0.2, 0.25) is 5.91 Å². The van der Waals surface area contributed by atoms with Gasteiger partial charge in [-0.25, -0.2) is 9.37 Å². The van der Waals surface area contributed by atoms with E-state index in [1.807, 2.05) is 0 Å². The van der Waals surface area contributed by atoms with E-state index in [2.05, 4.69) is 20.9 Å². The number of pyridine rings is 1. The lowest BCUT2D eigenvalue weighted by atomic mass is 10.2. The predicted molar refractivity (Wildman–Crippen MR) is 50.1 cm³/mol. The molecule has 0 unspecified atom stereocenters. The van der Waals surface area contributed by atoms with E-state index >= 15 is 0 Å². The van der Waals surface area contributed by atoms with Gasteiger partial charge in [0.15, 0.2) is 0 Å². The van der Waals surface area contributed by atoms with Gasteiger partial charge in [-0.1, -0.05) is 0 Å². The Balaban J connectivity index is 3.00. The van der Waals surface area contributed by atoms with Crippen LogP contribution in [-0.4, -0.2) is 10.9 Å². The lowest BCUT2D eigenvalue weighted by Crippen LogP contribution is -2.05. The van der Waals surface area contributed by atoms with E-state index in [1.165, 1.54) is 12.1 Å². The second kappa shape index (κ2) is 4.13. The molecule has 0 aliphatic carbocycles. The molecular formula is C8H6BrFN2O. The van der Waals surface area contributed by atoms with Gasteiger partial charge in [-0.2, -0.15) is 0 Å². The Morgan fingerprint density at radius 1 is 1.69 bits per heavy atom. The maximum Gasteiger partial charge on any atom is 0.241 e. The summed E-state index contributed by atoms with van der Waals surface area (Å²) in [5, 5.41) is 0. The number of halogens is 2. The Hall–Kier alpha value is -1.23. The molecule has 0 aromatic carbocycles. The minimum Gasteiger partial charge on any atom is -0.366 e. The predicted octanol–water partition coefficient (Wildman–Crippen LogP) is 1.48. The maximum absolute atomic E-state index is 12.9. The van der Waals surface area contributed by atoms with Crippen LogP contribution in [0.15, 0.2) is 22.9 Å². The number of rotatable bonds is 2. The Kier molecular flexibility index (Phi) is 3.13. The molecule has 3 nitrogen and oxygen atoms in total. The van der Waals surface area contributed by atoms with E-state index in [0.717, 1.165) is 12.3 Å². The number of aromatic nitrogens is 1. The van der Waals surface area contributed by atoms with Crippen LogP contribution in [0.4, 0.5) is 4.39 Å². The molecule has 1 aromatic heterocycles. The fraction of sp³-hybridized carbons (Fsp3) is 0. The summed E-state index contributed by atoms with van der Waals surface area (Å²) in [7, 11) is 0. The van der Waals surface area contributed by atoms with E-state index in [0.29, 0.717) is 4.60 Å². The molecule has 0 saturated carbocycles. The largest absolute Gasteiger partial charge is 0.366 e. The third-order valence-electron chi connectivity index (χ3n) is 1.28. The van der Waals surface area contributed by atoms with Crippen molar-refractivity contribution in [2.75, 3.05) is 0 Å². The molecule has 0 radical (unpaired) electrons. The maximum atomic E-state index is 12.9. The monoisotopic (exact) mass is 244 g/mol. The number of amides is 1. The summed E-state index contributed by atoms with van der Waals surface area (Å²) in [5.41, 5.74) is 5.12. The van der Waals surface area contributed by atoms with Crippen molar-refractivity contribution in [3.63, 3.8) is 0 Å². The van der Waals surface area contributed by atoms with Gasteiger partial charge >= 0.3 is 0 Å². The highest BCUT2D eigenvalue weighted by atomic mass is 79.9.